The predicted octanol–water partition coefficient (Wildman–Crippen LogP) is 4.22. The molecule has 1 aromatic rings. The van der Waals surface area contributed by atoms with Gasteiger partial charge in [0.1, 0.15) is 6.10 Å². The van der Waals surface area contributed by atoms with Gasteiger partial charge in [-0.3, -0.25) is 4.79 Å². The molecular formula is C24H39IN4O3. The van der Waals surface area contributed by atoms with E-state index in [4.69, 9.17) is 9.47 Å². The van der Waals surface area contributed by atoms with Gasteiger partial charge in [0.05, 0.1) is 12.6 Å². The van der Waals surface area contributed by atoms with Gasteiger partial charge >= 0.3 is 0 Å². The van der Waals surface area contributed by atoms with Gasteiger partial charge in [0, 0.05) is 32.0 Å². The lowest BCUT2D eigenvalue weighted by Gasteiger charge is -2.22. The quantitative estimate of drug-likeness (QED) is 0.174. The Morgan fingerprint density at radius 2 is 2.00 bits per heavy atom. The highest BCUT2D eigenvalue weighted by molar-refractivity contribution is 14.0. The zero-order valence-corrected chi connectivity index (χ0v) is 21.6. The van der Waals surface area contributed by atoms with Crippen molar-refractivity contribution in [2.75, 3.05) is 31.6 Å². The summed E-state index contributed by atoms with van der Waals surface area (Å²) in [4.78, 5) is 16.9. The van der Waals surface area contributed by atoms with Gasteiger partial charge in [0.15, 0.2) is 5.96 Å². The summed E-state index contributed by atoms with van der Waals surface area (Å²) >= 11 is 0. The van der Waals surface area contributed by atoms with Gasteiger partial charge in [-0.05, 0) is 56.7 Å². The van der Waals surface area contributed by atoms with E-state index in [1.165, 1.54) is 32.1 Å². The summed E-state index contributed by atoms with van der Waals surface area (Å²) in [5.41, 5.74) is 1.83. The van der Waals surface area contributed by atoms with Crippen LogP contribution in [0.3, 0.4) is 0 Å². The second-order valence-electron chi connectivity index (χ2n) is 8.30. The molecule has 1 unspecified atom stereocenters. The van der Waals surface area contributed by atoms with Crippen molar-refractivity contribution < 1.29 is 14.3 Å². The second-order valence-corrected chi connectivity index (χ2v) is 8.30. The first kappa shape index (κ1) is 26.9. The summed E-state index contributed by atoms with van der Waals surface area (Å²) < 4.78 is 11.4. The Morgan fingerprint density at radius 3 is 2.75 bits per heavy atom. The number of carbonyl (C=O) groups excluding carboxylic acids is 1. The fourth-order valence-corrected chi connectivity index (χ4v) is 4.03. The minimum atomic E-state index is -0.326. The first-order chi connectivity index (χ1) is 15.2. The van der Waals surface area contributed by atoms with E-state index in [9.17, 15) is 4.79 Å². The molecular weight excluding hydrogens is 519 g/mol. The number of benzene rings is 1. The minimum absolute atomic E-state index is 0. The van der Waals surface area contributed by atoms with Crippen molar-refractivity contribution in [3.05, 3.63) is 29.8 Å². The molecule has 3 rings (SSSR count). The standard InChI is InChI=1S/C24H38N4O3.HI/c1-2-25-24(26-14-8-16-30-21-11-4-3-5-12-21)27-18-19-9-6-10-20(17-19)28-23(29)22-13-7-15-31-22;/h6,9-10,17,21-22H,2-5,7-8,11-16,18H2,1H3,(H,28,29)(H2,25,26,27);1H. The number of rotatable bonds is 10. The fraction of sp³-hybridized carbons (Fsp3) is 0.667. The van der Waals surface area contributed by atoms with Crippen LogP contribution in [0.25, 0.3) is 0 Å². The minimum Gasteiger partial charge on any atom is -0.378 e. The van der Waals surface area contributed by atoms with Crippen LogP contribution in [-0.4, -0.2) is 50.4 Å². The van der Waals surface area contributed by atoms with Gasteiger partial charge in [-0.1, -0.05) is 31.4 Å². The largest absolute Gasteiger partial charge is 0.378 e. The smallest absolute Gasteiger partial charge is 0.253 e. The molecule has 0 aromatic heterocycles. The highest BCUT2D eigenvalue weighted by Gasteiger charge is 2.23. The summed E-state index contributed by atoms with van der Waals surface area (Å²) in [5, 5.41) is 9.63. The molecule has 0 spiro atoms. The number of ether oxygens (including phenoxy) is 2. The van der Waals surface area contributed by atoms with Crippen molar-refractivity contribution in [1.29, 1.82) is 0 Å². The van der Waals surface area contributed by atoms with Crippen LogP contribution < -0.4 is 16.0 Å². The summed E-state index contributed by atoms with van der Waals surface area (Å²) in [7, 11) is 0. The lowest BCUT2D eigenvalue weighted by atomic mass is 9.98. The fourth-order valence-electron chi connectivity index (χ4n) is 4.03. The number of carbonyl (C=O) groups is 1. The van der Waals surface area contributed by atoms with Crippen molar-refractivity contribution in [2.24, 2.45) is 4.99 Å². The van der Waals surface area contributed by atoms with Gasteiger partial charge in [0.25, 0.3) is 5.91 Å². The molecule has 1 aliphatic carbocycles. The van der Waals surface area contributed by atoms with Crippen LogP contribution >= 0.6 is 24.0 Å². The first-order valence-electron chi connectivity index (χ1n) is 11.9. The Labute approximate surface area is 209 Å². The molecule has 1 atom stereocenters. The number of nitrogens with one attached hydrogen (secondary N) is 3. The van der Waals surface area contributed by atoms with Crippen molar-refractivity contribution in [2.45, 2.75) is 77.0 Å². The number of hydrogen-bond donors (Lipinski definition) is 3. The molecule has 1 saturated carbocycles. The van der Waals surface area contributed by atoms with E-state index in [2.05, 4.69) is 27.9 Å². The zero-order chi connectivity index (χ0) is 21.7. The van der Waals surface area contributed by atoms with Crippen LogP contribution in [-0.2, 0) is 20.8 Å². The first-order valence-corrected chi connectivity index (χ1v) is 11.9. The number of amides is 1. The van der Waals surface area contributed by atoms with Crippen molar-refractivity contribution in [1.82, 2.24) is 10.6 Å². The molecule has 3 N–H and O–H groups in total. The van der Waals surface area contributed by atoms with Gasteiger partial charge in [-0.2, -0.15) is 0 Å². The summed E-state index contributed by atoms with van der Waals surface area (Å²) in [6.45, 7) is 5.70. The lowest BCUT2D eigenvalue weighted by molar-refractivity contribution is -0.124. The third kappa shape index (κ3) is 9.62. The van der Waals surface area contributed by atoms with E-state index in [0.29, 0.717) is 19.3 Å². The van der Waals surface area contributed by atoms with Gasteiger partial charge in [0.2, 0.25) is 0 Å². The van der Waals surface area contributed by atoms with Crippen molar-refractivity contribution in [3.63, 3.8) is 0 Å². The number of halogens is 1. The molecule has 1 aromatic carbocycles. The number of guanidine groups is 1. The Balaban J connectivity index is 0.00000363. The molecule has 8 heteroatoms. The number of aliphatic imine (C=N–C) groups is 1. The van der Waals surface area contributed by atoms with E-state index >= 15 is 0 Å². The average Bonchev–Trinajstić information content (AvgIpc) is 3.33. The summed E-state index contributed by atoms with van der Waals surface area (Å²) in [6.07, 6.45) is 9.23. The summed E-state index contributed by atoms with van der Waals surface area (Å²) in [6, 6.07) is 7.83. The molecule has 1 amide bonds. The highest BCUT2D eigenvalue weighted by atomic mass is 127. The summed E-state index contributed by atoms with van der Waals surface area (Å²) in [5.74, 6) is 0.734. The molecule has 2 fully saturated rings. The average molecular weight is 559 g/mol. The molecule has 1 heterocycles. The molecule has 0 radical (unpaired) electrons. The maximum absolute atomic E-state index is 12.3. The molecule has 180 valence electrons. The van der Waals surface area contributed by atoms with Crippen LogP contribution in [0, 0.1) is 0 Å². The monoisotopic (exact) mass is 558 g/mol. The van der Waals surface area contributed by atoms with Crippen LogP contribution in [0.1, 0.15) is 63.9 Å². The molecule has 2 aliphatic rings. The van der Waals surface area contributed by atoms with E-state index in [-0.39, 0.29) is 36.0 Å². The lowest BCUT2D eigenvalue weighted by Crippen LogP contribution is -2.38. The third-order valence-corrected chi connectivity index (χ3v) is 5.70. The predicted molar refractivity (Wildman–Crippen MR) is 140 cm³/mol. The van der Waals surface area contributed by atoms with Crippen LogP contribution in [0.2, 0.25) is 0 Å². The molecule has 1 saturated heterocycles. The number of hydrogen-bond acceptors (Lipinski definition) is 4. The molecule has 1 aliphatic heterocycles. The Bertz CT molecular complexity index is 704. The van der Waals surface area contributed by atoms with E-state index in [1.807, 2.05) is 24.3 Å². The van der Waals surface area contributed by atoms with Crippen molar-refractivity contribution in [3.8, 4) is 0 Å². The van der Waals surface area contributed by atoms with E-state index in [0.717, 1.165) is 56.2 Å². The Kier molecular flexibility index (Phi) is 13.0. The van der Waals surface area contributed by atoms with Crippen LogP contribution in [0.15, 0.2) is 29.3 Å². The normalized spacial score (nSPS) is 19.3. The second kappa shape index (κ2) is 15.4. The van der Waals surface area contributed by atoms with Gasteiger partial charge < -0.3 is 25.4 Å². The SMILES string of the molecule is CCNC(=NCc1cccc(NC(=O)C2CCCO2)c1)NCCCOC1CCCCC1.I. The Hall–Kier alpha value is -1.39. The van der Waals surface area contributed by atoms with E-state index < -0.39 is 0 Å². The topological polar surface area (TPSA) is 84.0 Å². The van der Waals surface area contributed by atoms with Crippen molar-refractivity contribution >= 4 is 41.5 Å². The van der Waals surface area contributed by atoms with Crippen LogP contribution in [0.5, 0.6) is 0 Å². The molecule has 32 heavy (non-hydrogen) atoms. The number of anilines is 1. The van der Waals surface area contributed by atoms with Crippen LogP contribution in [0.4, 0.5) is 5.69 Å². The van der Waals surface area contributed by atoms with E-state index in [1.54, 1.807) is 0 Å². The maximum atomic E-state index is 12.3. The molecule has 7 nitrogen and oxygen atoms in total. The van der Waals surface area contributed by atoms with Gasteiger partial charge in [-0.15, -0.1) is 24.0 Å². The highest BCUT2D eigenvalue weighted by Crippen LogP contribution is 2.20. The maximum Gasteiger partial charge on any atom is 0.253 e. The zero-order valence-electron chi connectivity index (χ0n) is 19.2. The number of nitrogens with zero attached hydrogens (tertiary/aromatic N) is 1. The molecule has 0 bridgehead atoms. The van der Waals surface area contributed by atoms with Gasteiger partial charge in [-0.25, -0.2) is 4.99 Å². The Morgan fingerprint density at radius 1 is 1.16 bits per heavy atom. The third-order valence-electron chi connectivity index (χ3n) is 5.70.